The molecule has 1 aromatic carbocycles. The lowest BCUT2D eigenvalue weighted by atomic mass is 9.68. The van der Waals surface area contributed by atoms with Crippen LogP contribution in [-0.2, 0) is 24.5 Å². The summed E-state index contributed by atoms with van der Waals surface area (Å²) >= 11 is 6.19. The Hall–Kier alpha value is -2.12. The van der Waals surface area contributed by atoms with Crippen LogP contribution in [0.4, 0.5) is 0 Å². The van der Waals surface area contributed by atoms with E-state index in [1.807, 2.05) is 18.2 Å². The summed E-state index contributed by atoms with van der Waals surface area (Å²) in [5, 5.41) is 0.697. The van der Waals surface area contributed by atoms with Crippen LogP contribution in [0.2, 0.25) is 5.02 Å². The zero-order valence-electron chi connectivity index (χ0n) is 16.3. The van der Waals surface area contributed by atoms with Crippen molar-refractivity contribution in [2.75, 3.05) is 19.6 Å². The molecular formula is C21H26ClN3O4. The van der Waals surface area contributed by atoms with E-state index in [9.17, 15) is 14.4 Å². The number of benzene rings is 1. The highest BCUT2D eigenvalue weighted by Gasteiger charge is 2.49. The molecule has 1 aromatic rings. The highest BCUT2D eigenvalue weighted by atomic mass is 35.5. The van der Waals surface area contributed by atoms with Gasteiger partial charge in [0.2, 0.25) is 11.8 Å². The number of fused-ring (bicyclic) bond motifs is 1. The minimum Gasteiger partial charge on any atom is -0.463 e. The molecule has 7 nitrogen and oxygen atoms in total. The molecule has 2 amide bonds. The number of nitrogens with two attached hydrogens (primary N) is 1. The van der Waals surface area contributed by atoms with Crippen molar-refractivity contribution in [3.8, 4) is 0 Å². The van der Waals surface area contributed by atoms with Crippen molar-refractivity contribution < 1.29 is 19.1 Å². The number of piperazine rings is 1. The molecule has 3 aliphatic rings. The second-order valence-corrected chi connectivity index (χ2v) is 8.78. The van der Waals surface area contributed by atoms with Gasteiger partial charge in [-0.1, -0.05) is 23.7 Å². The van der Waals surface area contributed by atoms with Gasteiger partial charge in [0.25, 0.3) is 6.47 Å². The Bertz CT molecular complexity index is 809. The van der Waals surface area contributed by atoms with E-state index in [1.54, 1.807) is 9.80 Å². The number of hydrogen-bond acceptors (Lipinski definition) is 5. The molecule has 1 aliphatic carbocycles. The standard InChI is InChI=1S/C21H26ClN3O4/c22-15-3-1-2-14(8-15)21(12-23)6-4-16(5-7-21)24-11-19(27)25-10-17(29-13-26)9-18(25)20(24)28/h1-3,8,13,16-18H,4-7,9-12,23H2/t16-,17-,18+,21-/m1/s1. The highest BCUT2D eigenvalue weighted by molar-refractivity contribution is 6.30. The monoisotopic (exact) mass is 419 g/mol. The predicted molar refractivity (Wildman–Crippen MR) is 107 cm³/mol. The quantitative estimate of drug-likeness (QED) is 0.729. The topological polar surface area (TPSA) is 92.9 Å². The summed E-state index contributed by atoms with van der Waals surface area (Å²) in [5.74, 6) is -0.105. The van der Waals surface area contributed by atoms with Gasteiger partial charge < -0.3 is 20.3 Å². The van der Waals surface area contributed by atoms with E-state index in [-0.39, 0.29) is 29.8 Å². The van der Waals surface area contributed by atoms with Crippen molar-refractivity contribution in [1.82, 2.24) is 9.80 Å². The average molecular weight is 420 g/mol. The number of carbonyl (C=O) groups is 3. The summed E-state index contributed by atoms with van der Waals surface area (Å²) in [6, 6.07) is 7.36. The lowest BCUT2D eigenvalue weighted by molar-refractivity contribution is -0.156. The van der Waals surface area contributed by atoms with E-state index in [2.05, 4.69) is 6.07 Å². The fourth-order valence-corrected chi connectivity index (χ4v) is 5.39. The number of hydrogen-bond donors (Lipinski definition) is 1. The zero-order valence-corrected chi connectivity index (χ0v) is 17.0. The Labute approximate surface area is 175 Å². The fourth-order valence-electron chi connectivity index (χ4n) is 5.20. The first kappa shape index (κ1) is 20.2. The number of ether oxygens (including phenoxy) is 1. The third-order valence-electron chi connectivity index (χ3n) is 6.89. The largest absolute Gasteiger partial charge is 0.463 e. The molecule has 3 fully saturated rings. The molecule has 0 aromatic heterocycles. The molecule has 0 unspecified atom stereocenters. The number of amides is 2. The first-order valence-electron chi connectivity index (χ1n) is 10.1. The van der Waals surface area contributed by atoms with Crippen LogP contribution < -0.4 is 5.73 Å². The van der Waals surface area contributed by atoms with Gasteiger partial charge in [0, 0.05) is 29.4 Å². The maximum atomic E-state index is 13.1. The van der Waals surface area contributed by atoms with Gasteiger partial charge in [0.05, 0.1) is 6.54 Å². The minimum atomic E-state index is -0.518. The van der Waals surface area contributed by atoms with Crippen molar-refractivity contribution in [3.63, 3.8) is 0 Å². The lowest BCUT2D eigenvalue weighted by Gasteiger charge is -2.46. The van der Waals surface area contributed by atoms with Gasteiger partial charge in [0.15, 0.2) is 0 Å². The summed E-state index contributed by atoms with van der Waals surface area (Å²) in [6.45, 7) is 1.31. The maximum absolute atomic E-state index is 13.1. The molecule has 2 N–H and O–H groups in total. The molecule has 0 bridgehead atoms. The number of halogens is 1. The first-order chi connectivity index (χ1) is 14.0. The van der Waals surface area contributed by atoms with Crippen molar-refractivity contribution in [1.29, 1.82) is 0 Å². The van der Waals surface area contributed by atoms with Gasteiger partial charge >= 0.3 is 0 Å². The molecule has 0 spiro atoms. The Balaban J connectivity index is 1.46. The highest BCUT2D eigenvalue weighted by Crippen LogP contribution is 2.41. The molecule has 2 saturated heterocycles. The van der Waals surface area contributed by atoms with Gasteiger partial charge in [-0.25, -0.2) is 0 Å². The predicted octanol–water partition coefficient (Wildman–Crippen LogP) is 1.46. The van der Waals surface area contributed by atoms with E-state index < -0.39 is 12.1 Å². The average Bonchev–Trinajstić information content (AvgIpc) is 3.16. The molecule has 2 atom stereocenters. The van der Waals surface area contributed by atoms with Crippen LogP contribution in [0.1, 0.15) is 37.7 Å². The molecular weight excluding hydrogens is 394 g/mol. The van der Waals surface area contributed by atoms with Gasteiger partial charge in [-0.2, -0.15) is 0 Å². The third kappa shape index (κ3) is 3.62. The molecule has 2 heterocycles. The Morgan fingerprint density at radius 1 is 1.24 bits per heavy atom. The van der Waals surface area contributed by atoms with E-state index in [1.165, 1.54) is 0 Å². The fraction of sp³-hybridized carbons (Fsp3) is 0.571. The van der Waals surface area contributed by atoms with Crippen LogP contribution in [0.15, 0.2) is 24.3 Å². The van der Waals surface area contributed by atoms with Crippen LogP contribution in [0.3, 0.4) is 0 Å². The van der Waals surface area contributed by atoms with Crippen molar-refractivity contribution >= 4 is 29.9 Å². The zero-order chi connectivity index (χ0) is 20.6. The van der Waals surface area contributed by atoms with Gasteiger partial charge in [-0.05, 0) is 43.4 Å². The number of carbonyl (C=O) groups excluding carboxylic acids is 3. The normalized spacial score (nSPS) is 32.3. The van der Waals surface area contributed by atoms with E-state index in [4.69, 9.17) is 22.1 Å². The SMILES string of the molecule is NC[C@]1(c2cccc(Cl)c2)CC[C@H](N2CC(=O)N3C[C@H](OC=O)C[C@H]3C2=O)CC1. The van der Waals surface area contributed by atoms with Crippen LogP contribution in [0.5, 0.6) is 0 Å². The number of rotatable bonds is 5. The van der Waals surface area contributed by atoms with E-state index in [0.717, 1.165) is 31.2 Å². The molecule has 8 heteroatoms. The van der Waals surface area contributed by atoms with Crippen molar-refractivity contribution in [3.05, 3.63) is 34.9 Å². The molecule has 2 aliphatic heterocycles. The van der Waals surface area contributed by atoms with Crippen LogP contribution in [0, 0.1) is 0 Å². The van der Waals surface area contributed by atoms with E-state index in [0.29, 0.717) is 31.0 Å². The Morgan fingerprint density at radius 3 is 2.66 bits per heavy atom. The second kappa shape index (κ2) is 7.95. The van der Waals surface area contributed by atoms with Gasteiger partial charge in [0.1, 0.15) is 18.7 Å². The van der Waals surface area contributed by atoms with Crippen molar-refractivity contribution in [2.45, 2.75) is 55.7 Å². The smallest absolute Gasteiger partial charge is 0.293 e. The van der Waals surface area contributed by atoms with E-state index >= 15 is 0 Å². The molecule has 29 heavy (non-hydrogen) atoms. The molecule has 4 rings (SSSR count). The summed E-state index contributed by atoms with van der Waals surface area (Å²) in [7, 11) is 0. The summed E-state index contributed by atoms with van der Waals surface area (Å²) in [6.07, 6.45) is 3.26. The van der Waals surface area contributed by atoms with Gasteiger partial charge in [-0.15, -0.1) is 0 Å². The Kier molecular flexibility index (Phi) is 5.53. The van der Waals surface area contributed by atoms with Gasteiger partial charge in [-0.3, -0.25) is 14.4 Å². The molecule has 156 valence electrons. The number of nitrogens with zero attached hydrogens (tertiary/aromatic N) is 2. The van der Waals surface area contributed by atoms with Crippen molar-refractivity contribution in [2.24, 2.45) is 5.73 Å². The maximum Gasteiger partial charge on any atom is 0.293 e. The summed E-state index contributed by atoms with van der Waals surface area (Å²) in [4.78, 5) is 39.6. The lowest BCUT2D eigenvalue weighted by Crippen LogP contribution is -2.61. The molecule has 0 radical (unpaired) electrons. The van der Waals surface area contributed by atoms with Crippen LogP contribution in [0.25, 0.3) is 0 Å². The van der Waals surface area contributed by atoms with Crippen LogP contribution >= 0.6 is 11.6 Å². The summed E-state index contributed by atoms with van der Waals surface area (Å²) < 4.78 is 5.00. The first-order valence-corrected chi connectivity index (χ1v) is 10.5. The Morgan fingerprint density at radius 2 is 2.00 bits per heavy atom. The minimum absolute atomic E-state index is 0.0264. The third-order valence-corrected chi connectivity index (χ3v) is 7.12. The van der Waals surface area contributed by atoms with Crippen LogP contribution in [-0.4, -0.2) is 65.9 Å². The summed E-state index contributed by atoms with van der Waals surface area (Å²) in [5.41, 5.74) is 7.18. The molecule has 1 saturated carbocycles. The second-order valence-electron chi connectivity index (χ2n) is 8.34.